The Bertz CT molecular complexity index is 907. The Hall–Kier alpha value is -2.28. The molecular formula is C20H23N3O3S. The minimum absolute atomic E-state index is 0.144. The van der Waals surface area contributed by atoms with Crippen molar-refractivity contribution in [2.24, 2.45) is 5.41 Å². The number of amides is 2. The molecule has 0 unspecified atom stereocenters. The van der Waals surface area contributed by atoms with Crippen molar-refractivity contribution in [3.05, 3.63) is 34.6 Å². The molecule has 27 heavy (non-hydrogen) atoms. The lowest BCUT2D eigenvalue weighted by Crippen LogP contribution is -2.39. The first-order valence-corrected chi connectivity index (χ1v) is 10.3. The summed E-state index contributed by atoms with van der Waals surface area (Å²) in [6.45, 7) is 3.63. The van der Waals surface area contributed by atoms with Crippen molar-refractivity contribution in [1.29, 1.82) is 0 Å². The molecule has 4 rings (SSSR count). The van der Waals surface area contributed by atoms with E-state index in [1.807, 2.05) is 29.9 Å². The molecule has 0 radical (unpaired) electrons. The van der Waals surface area contributed by atoms with Gasteiger partial charge in [0.2, 0.25) is 11.8 Å². The molecule has 2 aromatic rings. The number of thiazole rings is 1. The molecule has 1 spiro atoms. The van der Waals surface area contributed by atoms with E-state index in [1.165, 1.54) is 16.2 Å². The van der Waals surface area contributed by atoms with Crippen LogP contribution in [0, 0.1) is 19.3 Å². The number of hydrogen-bond acceptors (Lipinski definition) is 5. The van der Waals surface area contributed by atoms with Crippen molar-refractivity contribution in [2.75, 3.05) is 6.54 Å². The smallest absolute Gasteiger partial charge is 0.236 e. The Kier molecular flexibility index (Phi) is 4.50. The molecule has 2 aliphatic rings. The van der Waals surface area contributed by atoms with Gasteiger partial charge in [-0.25, -0.2) is 4.98 Å². The first-order valence-electron chi connectivity index (χ1n) is 9.40. The number of ketones is 1. The van der Waals surface area contributed by atoms with Crippen molar-refractivity contribution in [3.8, 4) is 5.13 Å². The lowest BCUT2D eigenvalue weighted by atomic mass is 9.73. The topological polar surface area (TPSA) is 72.3 Å². The van der Waals surface area contributed by atoms with Crippen LogP contribution in [0.5, 0.6) is 0 Å². The molecule has 0 aromatic carbocycles. The molecule has 3 heterocycles. The van der Waals surface area contributed by atoms with Crippen LogP contribution in [0.4, 0.5) is 0 Å². The number of imide groups is 1. The summed E-state index contributed by atoms with van der Waals surface area (Å²) < 4.78 is 1.94. The van der Waals surface area contributed by atoms with E-state index in [0.717, 1.165) is 48.6 Å². The van der Waals surface area contributed by atoms with Crippen molar-refractivity contribution < 1.29 is 14.4 Å². The van der Waals surface area contributed by atoms with Gasteiger partial charge < -0.3 is 0 Å². The quantitative estimate of drug-likeness (QED) is 0.597. The highest BCUT2D eigenvalue weighted by molar-refractivity contribution is 7.12. The number of hydrogen-bond donors (Lipinski definition) is 0. The van der Waals surface area contributed by atoms with Crippen molar-refractivity contribution in [3.63, 3.8) is 0 Å². The van der Waals surface area contributed by atoms with Gasteiger partial charge in [-0.2, -0.15) is 0 Å². The molecule has 2 fully saturated rings. The molecule has 2 aromatic heterocycles. The van der Waals surface area contributed by atoms with Crippen LogP contribution in [0.2, 0.25) is 0 Å². The second-order valence-electron chi connectivity index (χ2n) is 7.66. The van der Waals surface area contributed by atoms with E-state index in [2.05, 4.69) is 4.98 Å². The summed E-state index contributed by atoms with van der Waals surface area (Å²) in [7, 11) is 0. The molecule has 0 atom stereocenters. The van der Waals surface area contributed by atoms with Crippen LogP contribution in [-0.4, -0.2) is 38.6 Å². The number of rotatable bonds is 4. The van der Waals surface area contributed by atoms with E-state index in [0.29, 0.717) is 5.56 Å². The van der Waals surface area contributed by atoms with Gasteiger partial charge in [-0.15, -0.1) is 11.3 Å². The zero-order valence-corrected chi connectivity index (χ0v) is 16.5. The van der Waals surface area contributed by atoms with Crippen LogP contribution < -0.4 is 0 Å². The van der Waals surface area contributed by atoms with Gasteiger partial charge in [-0.1, -0.05) is 19.3 Å². The van der Waals surface area contributed by atoms with Crippen molar-refractivity contribution >= 4 is 28.9 Å². The van der Waals surface area contributed by atoms with Crippen molar-refractivity contribution in [1.82, 2.24) is 14.5 Å². The molecule has 2 amide bonds. The first-order chi connectivity index (χ1) is 12.9. The van der Waals surface area contributed by atoms with E-state index in [1.54, 1.807) is 6.20 Å². The van der Waals surface area contributed by atoms with Gasteiger partial charge in [0.1, 0.15) is 0 Å². The summed E-state index contributed by atoms with van der Waals surface area (Å²) in [5.41, 5.74) is 1.70. The standard InChI is InChI=1S/C20H23N3O3S/c1-13-10-15(14(2)23(13)19-21-8-9-27-19)16(24)12-22-17(25)11-20(18(22)26)6-4-3-5-7-20/h8-10H,3-7,11-12H2,1-2H3. The van der Waals surface area contributed by atoms with Gasteiger partial charge >= 0.3 is 0 Å². The molecule has 0 bridgehead atoms. The third-order valence-corrected chi connectivity index (χ3v) is 6.70. The average Bonchev–Trinajstić information content (AvgIpc) is 3.31. The maximum atomic E-state index is 12.9. The van der Waals surface area contributed by atoms with Gasteiger partial charge in [0, 0.05) is 34.9 Å². The average molecular weight is 385 g/mol. The zero-order chi connectivity index (χ0) is 19.2. The van der Waals surface area contributed by atoms with E-state index < -0.39 is 5.41 Å². The second kappa shape index (κ2) is 6.71. The van der Waals surface area contributed by atoms with E-state index in [4.69, 9.17) is 0 Å². The van der Waals surface area contributed by atoms with E-state index in [-0.39, 0.29) is 30.6 Å². The van der Waals surface area contributed by atoms with Crippen LogP contribution >= 0.6 is 11.3 Å². The zero-order valence-electron chi connectivity index (χ0n) is 15.7. The van der Waals surface area contributed by atoms with Crippen LogP contribution in [0.3, 0.4) is 0 Å². The summed E-state index contributed by atoms with van der Waals surface area (Å²) in [5.74, 6) is -0.543. The summed E-state index contributed by atoms with van der Waals surface area (Å²) in [4.78, 5) is 43.9. The predicted octanol–water partition coefficient (Wildman–Crippen LogP) is 3.44. The predicted molar refractivity (Wildman–Crippen MR) is 102 cm³/mol. The normalized spacial score (nSPS) is 19.3. The molecule has 1 saturated carbocycles. The summed E-state index contributed by atoms with van der Waals surface area (Å²) in [5, 5.41) is 2.69. The Morgan fingerprint density at radius 2 is 1.96 bits per heavy atom. The third kappa shape index (κ3) is 2.94. The number of carbonyl (C=O) groups excluding carboxylic acids is 3. The fourth-order valence-corrected chi connectivity index (χ4v) is 5.29. The molecule has 7 heteroatoms. The Balaban J connectivity index is 1.57. The molecule has 1 saturated heterocycles. The van der Waals surface area contributed by atoms with Gasteiger partial charge in [-0.05, 0) is 32.8 Å². The van der Waals surface area contributed by atoms with Crippen LogP contribution in [0.1, 0.15) is 60.3 Å². The first kappa shape index (κ1) is 18.1. The maximum absolute atomic E-state index is 12.9. The Morgan fingerprint density at radius 1 is 1.22 bits per heavy atom. The Labute approximate surface area is 162 Å². The number of nitrogens with zero attached hydrogens (tertiary/aromatic N) is 3. The van der Waals surface area contributed by atoms with E-state index >= 15 is 0 Å². The second-order valence-corrected chi connectivity index (χ2v) is 8.53. The van der Waals surface area contributed by atoms with Crippen LogP contribution in [0.25, 0.3) is 5.13 Å². The summed E-state index contributed by atoms with van der Waals surface area (Å²) >= 11 is 1.50. The number of carbonyl (C=O) groups is 3. The van der Waals surface area contributed by atoms with Gasteiger partial charge in [0.15, 0.2) is 10.9 Å². The highest BCUT2D eigenvalue weighted by atomic mass is 32.1. The maximum Gasteiger partial charge on any atom is 0.236 e. The molecule has 0 N–H and O–H groups in total. The highest BCUT2D eigenvalue weighted by Gasteiger charge is 2.51. The van der Waals surface area contributed by atoms with E-state index in [9.17, 15) is 14.4 Å². The monoisotopic (exact) mass is 385 g/mol. The summed E-state index contributed by atoms with van der Waals surface area (Å²) in [6, 6.07) is 1.82. The van der Waals surface area contributed by atoms with Crippen LogP contribution in [-0.2, 0) is 9.59 Å². The van der Waals surface area contributed by atoms with Gasteiger partial charge in [0.05, 0.1) is 12.0 Å². The number of Topliss-reactive ketones (excluding diaryl/α,β-unsaturated/α-hetero) is 1. The molecule has 6 nitrogen and oxygen atoms in total. The van der Waals surface area contributed by atoms with Gasteiger partial charge in [-0.3, -0.25) is 23.9 Å². The molecule has 1 aliphatic carbocycles. The Morgan fingerprint density at radius 3 is 2.63 bits per heavy atom. The summed E-state index contributed by atoms with van der Waals surface area (Å²) in [6.07, 6.45) is 6.60. The molecule has 1 aliphatic heterocycles. The SMILES string of the molecule is Cc1cc(C(=O)CN2C(=O)CC3(CCCCC3)C2=O)c(C)n1-c1nccs1. The molecule has 142 valence electrons. The molecular weight excluding hydrogens is 362 g/mol. The largest absolute Gasteiger partial charge is 0.294 e. The number of aryl methyl sites for hydroxylation is 1. The fourth-order valence-electron chi connectivity index (χ4n) is 4.53. The van der Waals surface area contributed by atoms with Gasteiger partial charge in [0.25, 0.3) is 0 Å². The van der Waals surface area contributed by atoms with Crippen LogP contribution in [0.15, 0.2) is 17.6 Å². The minimum Gasteiger partial charge on any atom is -0.294 e. The fraction of sp³-hybridized carbons (Fsp3) is 0.500. The number of likely N-dealkylation sites (tertiary alicyclic amines) is 1. The lowest BCUT2D eigenvalue weighted by molar-refractivity contribution is -0.141. The number of aromatic nitrogens is 2. The highest BCUT2D eigenvalue weighted by Crippen LogP contribution is 2.45. The third-order valence-electron chi connectivity index (χ3n) is 5.94. The van der Waals surface area contributed by atoms with Crippen molar-refractivity contribution in [2.45, 2.75) is 52.4 Å². The lowest BCUT2D eigenvalue weighted by Gasteiger charge is -2.30. The minimum atomic E-state index is -0.548.